The highest BCUT2D eigenvalue weighted by Gasteiger charge is 2.15. The quantitative estimate of drug-likeness (QED) is 0.827. The number of halogens is 1. The molecule has 1 amide bonds. The molecule has 1 aromatic heterocycles. The highest BCUT2D eigenvalue weighted by molar-refractivity contribution is 9.10. The number of rotatable bonds is 4. The van der Waals surface area contributed by atoms with Gasteiger partial charge in [-0.3, -0.25) is 4.79 Å². The van der Waals surface area contributed by atoms with E-state index in [9.17, 15) is 4.79 Å². The van der Waals surface area contributed by atoms with Crippen molar-refractivity contribution in [2.24, 2.45) is 0 Å². The maximum absolute atomic E-state index is 12.1. The van der Waals surface area contributed by atoms with Crippen LogP contribution in [0.4, 0.5) is 11.4 Å². The molecule has 1 aliphatic rings. The molecule has 114 valence electrons. The molecule has 2 heterocycles. The van der Waals surface area contributed by atoms with E-state index in [2.05, 4.69) is 26.1 Å². The highest BCUT2D eigenvalue weighted by Crippen LogP contribution is 2.28. The monoisotopic (exact) mass is 360 g/mol. The molecule has 1 fully saturated rings. The predicted molar refractivity (Wildman–Crippen MR) is 92.0 cm³/mol. The van der Waals surface area contributed by atoms with Crippen molar-refractivity contribution in [3.05, 3.63) is 52.9 Å². The van der Waals surface area contributed by atoms with E-state index < -0.39 is 0 Å². The molecule has 4 nitrogen and oxygen atoms in total. The first kappa shape index (κ1) is 14.9. The maximum Gasteiger partial charge on any atom is 0.248 e. The molecule has 0 aliphatic carbocycles. The van der Waals surface area contributed by atoms with Crippen LogP contribution in [0.15, 0.2) is 51.6 Å². The first-order valence-corrected chi connectivity index (χ1v) is 8.10. The molecule has 22 heavy (non-hydrogen) atoms. The van der Waals surface area contributed by atoms with E-state index in [-0.39, 0.29) is 5.91 Å². The summed E-state index contributed by atoms with van der Waals surface area (Å²) in [5.74, 6) is 0.467. The van der Waals surface area contributed by atoms with Crippen LogP contribution in [0.3, 0.4) is 0 Å². The SMILES string of the molecule is O=C(/C=C/c1ccc(Br)o1)Nc1ccccc1N1CCCC1. The van der Waals surface area contributed by atoms with Gasteiger partial charge in [-0.05, 0) is 59.1 Å². The van der Waals surface area contributed by atoms with Crippen LogP contribution in [-0.4, -0.2) is 19.0 Å². The molecule has 0 bridgehead atoms. The van der Waals surface area contributed by atoms with Gasteiger partial charge < -0.3 is 14.6 Å². The Kier molecular flexibility index (Phi) is 4.63. The number of carbonyl (C=O) groups excluding carboxylic acids is 1. The number of hydrogen-bond donors (Lipinski definition) is 1. The van der Waals surface area contributed by atoms with Crippen molar-refractivity contribution >= 4 is 39.3 Å². The standard InChI is InChI=1S/C17H17BrN2O2/c18-16-9-7-13(22-16)8-10-17(21)19-14-5-1-2-6-15(14)20-11-3-4-12-20/h1-2,5-10H,3-4,11-12H2,(H,19,21)/b10-8+. The van der Waals surface area contributed by atoms with E-state index in [0.29, 0.717) is 10.4 Å². The smallest absolute Gasteiger partial charge is 0.248 e. The second-order valence-electron chi connectivity index (χ2n) is 5.18. The lowest BCUT2D eigenvalue weighted by Crippen LogP contribution is -2.20. The summed E-state index contributed by atoms with van der Waals surface area (Å²) in [6.07, 6.45) is 5.54. The lowest BCUT2D eigenvalue weighted by molar-refractivity contribution is -0.111. The van der Waals surface area contributed by atoms with Gasteiger partial charge in [0.15, 0.2) is 4.67 Å². The normalized spacial score (nSPS) is 14.7. The number of nitrogens with zero attached hydrogens (tertiary/aromatic N) is 1. The number of nitrogens with one attached hydrogen (secondary N) is 1. The molecule has 2 aromatic rings. The van der Waals surface area contributed by atoms with Crippen LogP contribution in [0.5, 0.6) is 0 Å². The van der Waals surface area contributed by atoms with Gasteiger partial charge in [-0.1, -0.05) is 12.1 Å². The third-order valence-corrected chi connectivity index (χ3v) is 4.03. The second-order valence-corrected chi connectivity index (χ2v) is 5.96. The van der Waals surface area contributed by atoms with E-state index >= 15 is 0 Å². The number of carbonyl (C=O) groups is 1. The van der Waals surface area contributed by atoms with Crippen LogP contribution >= 0.6 is 15.9 Å². The van der Waals surface area contributed by atoms with Crippen LogP contribution in [-0.2, 0) is 4.79 Å². The van der Waals surface area contributed by atoms with Gasteiger partial charge in [-0.15, -0.1) is 0 Å². The van der Waals surface area contributed by atoms with Crippen LogP contribution < -0.4 is 10.2 Å². The molecule has 1 saturated heterocycles. The number of furan rings is 1. The fraction of sp³-hybridized carbons (Fsp3) is 0.235. The van der Waals surface area contributed by atoms with Gasteiger partial charge in [0.25, 0.3) is 0 Å². The van der Waals surface area contributed by atoms with Crippen molar-refractivity contribution in [1.29, 1.82) is 0 Å². The summed E-state index contributed by atoms with van der Waals surface area (Å²) >= 11 is 3.23. The summed E-state index contributed by atoms with van der Waals surface area (Å²) in [5, 5.41) is 2.94. The third-order valence-electron chi connectivity index (χ3n) is 3.60. The zero-order valence-corrected chi connectivity index (χ0v) is 13.7. The molecule has 0 unspecified atom stereocenters. The van der Waals surface area contributed by atoms with Gasteiger partial charge in [-0.25, -0.2) is 0 Å². The Bertz CT molecular complexity index is 687. The van der Waals surface area contributed by atoms with Crippen molar-refractivity contribution < 1.29 is 9.21 Å². The second kappa shape index (κ2) is 6.83. The average molecular weight is 361 g/mol. The molecular formula is C17H17BrN2O2. The van der Waals surface area contributed by atoms with Gasteiger partial charge in [0.05, 0.1) is 11.4 Å². The summed E-state index contributed by atoms with van der Waals surface area (Å²) in [7, 11) is 0. The van der Waals surface area contributed by atoms with Crippen LogP contribution in [0.2, 0.25) is 0 Å². The Balaban J connectivity index is 1.70. The largest absolute Gasteiger partial charge is 0.450 e. The number of hydrogen-bond acceptors (Lipinski definition) is 3. The third kappa shape index (κ3) is 3.60. The zero-order chi connectivity index (χ0) is 15.4. The fourth-order valence-corrected chi connectivity index (χ4v) is 2.88. The molecule has 5 heteroatoms. The molecule has 1 aromatic carbocycles. The van der Waals surface area contributed by atoms with E-state index in [1.54, 1.807) is 18.2 Å². The molecule has 0 atom stereocenters. The van der Waals surface area contributed by atoms with Crippen molar-refractivity contribution in [3.8, 4) is 0 Å². The van der Waals surface area contributed by atoms with Crippen molar-refractivity contribution in [1.82, 2.24) is 0 Å². The van der Waals surface area contributed by atoms with Crippen molar-refractivity contribution in [2.75, 3.05) is 23.3 Å². The van der Waals surface area contributed by atoms with E-state index in [0.717, 1.165) is 24.5 Å². The molecule has 0 spiro atoms. The minimum absolute atomic E-state index is 0.167. The first-order valence-electron chi connectivity index (χ1n) is 7.31. The lowest BCUT2D eigenvalue weighted by atomic mass is 10.2. The van der Waals surface area contributed by atoms with Crippen LogP contribution in [0.25, 0.3) is 6.08 Å². The minimum Gasteiger partial charge on any atom is -0.450 e. The summed E-state index contributed by atoms with van der Waals surface area (Å²) < 4.78 is 5.98. The van der Waals surface area contributed by atoms with E-state index in [4.69, 9.17) is 4.42 Å². The average Bonchev–Trinajstić information content (AvgIpc) is 3.17. The van der Waals surface area contributed by atoms with Gasteiger partial charge >= 0.3 is 0 Å². The lowest BCUT2D eigenvalue weighted by Gasteiger charge is -2.21. The van der Waals surface area contributed by atoms with Gasteiger partial charge in [0, 0.05) is 19.2 Å². The number of anilines is 2. The van der Waals surface area contributed by atoms with E-state index in [1.807, 2.05) is 24.3 Å². The molecule has 1 aliphatic heterocycles. The van der Waals surface area contributed by atoms with Crippen LogP contribution in [0.1, 0.15) is 18.6 Å². The summed E-state index contributed by atoms with van der Waals surface area (Å²) in [6.45, 7) is 2.09. The summed E-state index contributed by atoms with van der Waals surface area (Å²) in [6, 6.07) is 11.5. The van der Waals surface area contributed by atoms with Crippen molar-refractivity contribution in [3.63, 3.8) is 0 Å². The Hall–Kier alpha value is -2.01. The zero-order valence-electron chi connectivity index (χ0n) is 12.1. The summed E-state index contributed by atoms with van der Waals surface area (Å²) in [4.78, 5) is 14.4. The topological polar surface area (TPSA) is 45.5 Å². The van der Waals surface area contributed by atoms with Gasteiger partial charge in [0.1, 0.15) is 5.76 Å². The number of amides is 1. The Morgan fingerprint density at radius 1 is 1.18 bits per heavy atom. The maximum atomic E-state index is 12.1. The Labute approximate surface area is 137 Å². The molecule has 3 rings (SSSR count). The summed E-state index contributed by atoms with van der Waals surface area (Å²) in [5.41, 5.74) is 1.93. The predicted octanol–water partition coefficient (Wildman–Crippen LogP) is 4.29. The number of para-hydroxylation sites is 2. The molecule has 1 N–H and O–H groups in total. The molecular weight excluding hydrogens is 344 g/mol. The molecule has 0 radical (unpaired) electrons. The fourth-order valence-electron chi connectivity index (χ4n) is 2.56. The highest BCUT2D eigenvalue weighted by atomic mass is 79.9. The van der Waals surface area contributed by atoms with Gasteiger partial charge in [0.2, 0.25) is 5.91 Å². The minimum atomic E-state index is -0.167. The van der Waals surface area contributed by atoms with Crippen LogP contribution in [0, 0.1) is 0 Å². The molecule has 0 saturated carbocycles. The number of benzene rings is 1. The Morgan fingerprint density at radius 2 is 1.95 bits per heavy atom. The van der Waals surface area contributed by atoms with E-state index in [1.165, 1.54) is 18.9 Å². The van der Waals surface area contributed by atoms with Crippen molar-refractivity contribution in [2.45, 2.75) is 12.8 Å². The Morgan fingerprint density at radius 3 is 2.68 bits per heavy atom. The van der Waals surface area contributed by atoms with Gasteiger partial charge in [-0.2, -0.15) is 0 Å². The first-order chi connectivity index (χ1) is 10.7.